The highest BCUT2D eigenvalue weighted by molar-refractivity contribution is 14.1. The topological polar surface area (TPSA) is 109 Å². The van der Waals surface area contributed by atoms with E-state index in [-0.39, 0.29) is 0 Å². The Hall–Kier alpha value is -2.82. The maximum Gasteiger partial charge on any atom is 0.341 e. The van der Waals surface area contributed by atoms with Crippen LogP contribution in [0.15, 0.2) is 41.5 Å². The number of carboxylic acid groups (broad SMARTS) is 1. The van der Waals surface area contributed by atoms with Crippen molar-refractivity contribution in [3.05, 3.63) is 51.1 Å². The Labute approximate surface area is 169 Å². The van der Waals surface area contributed by atoms with Gasteiger partial charge in [0.05, 0.1) is 16.9 Å². The second-order valence-electron chi connectivity index (χ2n) is 5.41. The predicted molar refractivity (Wildman–Crippen MR) is 110 cm³/mol. The molecule has 0 atom stereocenters. The monoisotopic (exact) mass is 483 g/mol. The Morgan fingerprint density at radius 3 is 2.59 bits per heavy atom. The van der Waals surface area contributed by atoms with Crippen molar-refractivity contribution in [2.45, 2.75) is 6.92 Å². The minimum Gasteiger partial charge on any atom is -0.493 e. The van der Waals surface area contributed by atoms with Crippen LogP contribution >= 0.6 is 22.6 Å². The van der Waals surface area contributed by atoms with Gasteiger partial charge in [-0.3, -0.25) is 0 Å². The molecular weight excluding hydrogens is 465 g/mol. The number of aryl methyl sites for hydroxylation is 1. The zero-order valence-corrected chi connectivity index (χ0v) is 16.8. The van der Waals surface area contributed by atoms with Gasteiger partial charge in [0.2, 0.25) is 0 Å². The second-order valence-corrected chi connectivity index (χ2v) is 6.57. The van der Waals surface area contributed by atoms with E-state index in [9.17, 15) is 9.59 Å². The van der Waals surface area contributed by atoms with E-state index < -0.39 is 18.6 Å². The quantitative estimate of drug-likeness (QED) is 0.319. The van der Waals surface area contributed by atoms with E-state index in [1.165, 1.54) is 13.3 Å². The molecule has 8 nitrogen and oxygen atoms in total. The molecule has 3 N–H and O–H groups in total. The van der Waals surface area contributed by atoms with Crippen LogP contribution < -0.4 is 20.2 Å². The van der Waals surface area contributed by atoms with Crippen LogP contribution in [0.1, 0.15) is 11.1 Å². The van der Waals surface area contributed by atoms with Crippen LogP contribution in [0.4, 0.5) is 10.5 Å². The van der Waals surface area contributed by atoms with Gasteiger partial charge in [0.25, 0.3) is 0 Å². The number of aliphatic carboxylic acids is 1. The number of anilines is 1. The van der Waals surface area contributed by atoms with Crippen molar-refractivity contribution >= 4 is 46.5 Å². The molecule has 2 amide bonds. The Balaban J connectivity index is 2.01. The predicted octanol–water partition coefficient (Wildman–Crippen LogP) is 3.23. The molecule has 2 aromatic carbocycles. The smallest absolute Gasteiger partial charge is 0.341 e. The highest BCUT2D eigenvalue weighted by Crippen LogP contribution is 2.33. The van der Waals surface area contributed by atoms with Crippen LogP contribution in [0.2, 0.25) is 0 Å². The fourth-order valence-electron chi connectivity index (χ4n) is 2.05. The Morgan fingerprint density at radius 2 is 1.96 bits per heavy atom. The summed E-state index contributed by atoms with van der Waals surface area (Å²) in [5.74, 6) is -0.376. The molecule has 2 rings (SSSR count). The largest absolute Gasteiger partial charge is 0.493 e. The first-order chi connectivity index (χ1) is 12.9. The van der Waals surface area contributed by atoms with Crippen LogP contribution in [0, 0.1) is 10.5 Å². The van der Waals surface area contributed by atoms with E-state index in [0.29, 0.717) is 26.3 Å². The minimum atomic E-state index is -1.08. The summed E-state index contributed by atoms with van der Waals surface area (Å²) in [6.45, 7) is 1.49. The number of halogens is 1. The van der Waals surface area contributed by atoms with E-state index in [2.05, 4.69) is 15.8 Å². The summed E-state index contributed by atoms with van der Waals surface area (Å²) >= 11 is 2.01. The number of hydrazone groups is 1. The molecule has 2 aromatic rings. The molecule has 0 aromatic heterocycles. The van der Waals surface area contributed by atoms with Crippen LogP contribution in [-0.2, 0) is 4.79 Å². The molecule has 142 valence electrons. The van der Waals surface area contributed by atoms with Crippen molar-refractivity contribution in [3.8, 4) is 11.5 Å². The van der Waals surface area contributed by atoms with E-state index in [4.69, 9.17) is 14.6 Å². The molecule has 0 heterocycles. The summed E-state index contributed by atoms with van der Waals surface area (Å²) in [7, 11) is 1.45. The summed E-state index contributed by atoms with van der Waals surface area (Å²) in [5, 5.41) is 15.3. The molecule has 0 aliphatic rings. The van der Waals surface area contributed by atoms with Gasteiger partial charge in [-0.05, 0) is 59.3 Å². The molecular formula is C18H18IN3O5. The van der Waals surface area contributed by atoms with Crippen molar-refractivity contribution in [2.24, 2.45) is 5.10 Å². The molecule has 0 spiro atoms. The average molecular weight is 483 g/mol. The van der Waals surface area contributed by atoms with Gasteiger partial charge in [0, 0.05) is 5.69 Å². The third-order valence-electron chi connectivity index (χ3n) is 3.28. The van der Waals surface area contributed by atoms with Crippen molar-refractivity contribution in [3.63, 3.8) is 0 Å². The first-order valence-electron chi connectivity index (χ1n) is 7.78. The molecule has 0 unspecified atom stereocenters. The molecule has 0 fully saturated rings. The van der Waals surface area contributed by atoms with E-state index in [1.54, 1.807) is 24.3 Å². The zero-order valence-electron chi connectivity index (χ0n) is 14.7. The lowest BCUT2D eigenvalue weighted by molar-refractivity contribution is -0.139. The standard InChI is InChI=1S/C18H18IN3O5/c1-11-3-5-13(6-4-11)21-18(25)22-20-9-12-7-14(19)17(15(8-12)26-2)27-10-16(23)24/h3-9H,10H2,1-2H3,(H,23,24)(H2,21,22,25)/b20-9+. The SMILES string of the molecule is COc1cc(/C=N/NC(=O)Nc2ccc(C)cc2)cc(I)c1OCC(=O)O. The number of amides is 2. The van der Waals surface area contributed by atoms with Gasteiger partial charge >= 0.3 is 12.0 Å². The number of ether oxygens (including phenoxy) is 2. The number of hydrogen-bond donors (Lipinski definition) is 3. The molecule has 0 bridgehead atoms. The lowest BCUT2D eigenvalue weighted by Gasteiger charge is -2.12. The maximum atomic E-state index is 11.8. The highest BCUT2D eigenvalue weighted by Gasteiger charge is 2.12. The Kier molecular flexibility index (Phi) is 7.41. The van der Waals surface area contributed by atoms with Gasteiger partial charge in [0.1, 0.15) is 0 Å². The third-order valence-corrected chi connectivity index (χ3v) is 4.08. The van der Waals surface area contributed by atoms with Gasteiger partial charge in [-0.15, -0.1) is 0 Å². The summed E-state index contributed by atoms with van der Waals surface area (Å²) < 4.78 is 11.1. The average Bonchev–Trinajstić information content (AvgIpc) is 2.62. The Bertz CT molecular complexity index is 853. The lowest BCUT2D eigenvalue weighted by atomic mass is 10.2. The summed E-state index contributed by atoms with van der Waals surface area (Å²) in [6.07, 6.45) is 1.44. The van der Waals surface area contributed by atoms with Gasteiger partial charge < -0.3 is 19.9 Å². The Morgan fingerprint density at radius 1 is 1.26 bits per heavy atom. The number of benzene rings is 2. The number of methoxy groups -OCH3 is 1. The van der Waals surface area contributed by atoms with Gasteiger partial charge in [-0.1, -0.05) is 17.7 Å². The molecule has 0 saturated carbocycles. The maximum absolute atomic E-state index is 11.8. The summed E-state index contributed by atoms with van der Waals surface area (Å²) in [5.41, 5.74) is 4.77. The highest BCUT2D eigenvalue weighted by atomic mass is 127. The molecule has 27 heavy (non-hydrogen) atoms. The van der Waals surface area contributed by atoms with Crippen molar-refractivity contribution in [2.75, 3.05) is 19.0 Å². The first-order valence-corrected chi connectivity index (χ1v) is 8.85. The number of hydrogen-bond acceptors (Lipinski definition) is 5. The number of rotatable bonds is 7. The fourth-order valence-corrected chi connectivity index (χ4v) is 2.83. The number of nitrogens with zero attached hydrogens (tertiary/aromatic N) is 1. The second kappa shape index (κ2) is 9.76. The summed E-state index contributed by atoms with van der Waals surface area (Å²) in [6, 6.07) is 10.2. The molecule has 9 heteroatoms. The van der Waals surface area contributed by atoms with E-state index in [0.717, 1.165) is 5.56 Å². The van der Waals surface area contributed by atoms with Gasteiger partial charge in [-0.2, -0.15) is 5.10 Å². The molecule has 0 aliphatic carbocycles. The molecule has 0 aliphatic heterocycles. The number of carboxylic acids is 1. The number of carbonyl (C=O) groups excluding carboxylic acids is 1. The summed E-state index contributed by atoms with van der Waals surface area (Å²) in [4.78, 5) is 22.5. The normalized spacial score (nSPS) is 10.5. The van der Waals surface area contributed by atoms with Crippen molar-refractivity contribution in [1.82, 2.24) is 5.43 Å². The van der Waals surface area contributed by atoms with Crippen LogP contribution in [-0.4, -0.2) is 37.0 Å². The van der Waals surface area contributed by atoms with Crippen LogP contribution in [0.25, 0.3) is 0 Å². The molecule has 0 radical (unpaired) electrons. The minimum absolute atomic E-state index is 0.336. The fraction of sp³-hybridized carbons (Fsp3) is 0.167. The third kappa shape index (κ3) is 6.44. The van der Waals surface area contributed by atoms with Crippen LogP contribution in [0.5, 0.6) is 11.5 Å². The van der Waals surface area contributed by atoms with Gasteiger partial charge in [-0.25, -0.2) is 15.0 Å². The number of carbonyl (C=O) groups is 2. The van der Waals surface area contributed by atoms with Gasteiger partial charge in [0.15, 0.2) is 18.1 Å². The van der Waals surface area contributed by atoms with E-state index in [1.807, 2.05) is 41.6 Å². The first kappa shape index (κ1) is 20.5. The number of urea groups is 1. The van der Waals surface area contributed by atoms with Crippen molar-refractivity contribution < 1.29 is 24.2 Å². The number of nitrogens with one attached hydrogen (secondary N) is 2. The van der Waals surface area contributed by atoms with Crippen LogP contribution in [0.3, 0.4) is 0 Å². The molecule has 0 saturated heterocycles. The zero-order chi connectivity index (χ0) is 19.8. The van der Waals surface area contributed by atoms with Crippen molar-refractivity contribution in [1.29, 1.82) is 0 Å². The van der Waals surface area contributed by atoms with E-state index >= 15 is 0 Å². The lowest BCUT2D eigenvalue weighted by Crippen LogP contribution is -2.24.